The van der Waals surface area contributed by atoms with Gasteiger partial charge in [0.2, 0.25) is 5.95 Å². The van der Waals surface area contributed by atoms with Crippen LogP contribution in [0.5, 0.6) is 0 Å². The van der Waals surface area contributed by atoms with Gasteiger partial charge in [-0.25, -0.2) is 4.98 Å². The second-order valence-corrected chi connectivity index (χ2v) is 9.42. The number of hydrogen-bond donors (Lipinski definition) is 2. The van der Waals surface area contributed by atoms with Gasteiger partial charge in [0.15, 0.2) is 0 Å². The largest absolute Gasteiger partial charge is 0.368 e. The molecular formula is C28H30N8O. The predicted molar refractivity (Wildman–Crippen MR) is 148 cm³/mol. The Morgan fingerprint density at radius 2 is 1.86 bits per heavy atom. The number of nitrogens with two attached hydrogens (primary N) is 1. The minimum Gasteiger partial charge on any atom is -0.368 e. The number of rotatable bonds is 7. The summed E-state index contributed by atoms with van der Waals surface area (Å²) in [4.78, 5) is 24.9. The van der Waals surface area contributed by atoms with Crippen molar-refractivity contribution < 1.29 is 0 Å². The van der Waals surface area contributed by atoms with Gasteiger partial charge in [-0.05, 0) is 50.2 Å². The summed E-state index contributed by atoms with van der Waals surface area (Å²) in [5.74, 6) is 0.835. The first-order valence-corrected chi connectivity index (χ1v) is 12.1. The summed E-state index contributed by atoms with van der Waals surface area (Å²) in [6.07, 6.45) is 5.44. The molecule has 0 bridgehead atoms. The number of hydrogen-bond acceptors (Lipinski definition) is 7. The van der Waals surface area contributed by atoms with Crippen LogP contribution < -0.4 is 16.6 Å². The Morgan fingerprint density at radius 3 is 2.57 bits per heavy atom. The summed E-state index contributed by atoms with van der Waals surface area (Å²) in [6, 6.07) is 17.4. The van der Waals surface area contributed by atoms with Crippen molar-refractivity contribution in [2.45, 2.75) is 19.5 Å². The fourth-order valence-corrected chi connectivity index (χ4v) is 4.63. The van der Waals surface area contributed by atoms with E-state index in [2.05, 4.69) is 26.4 Å². The lowest BCUT2D eigenvalue weighted by molar-refractivity contribution is 0.402. The molecule has 3 N–H and O–H groups in total. The second-order valence-electron chi connectivity index (χ2n) is 9.42. The Kier molecular flexibility index (Phi) is 6.45. The maximum atomic E-state index is 14.2. The van der Waals surface area contributed by atoms with E-state index >= 15 is 0 Å². The molecule has 0 aliphatic heterocycles. The highest BCUT2D eigenvalue weighted by Gasteiger charge is 2.20. The lowest BCUT2D eigenvalue weighted by atomic mass is 9.99. The van der Waals surface area contributed by atoms with Crippen LogP contribution in [0.2, 0.25) is 0 Å². The maximum absolute atomic E-state index is 14.2. The molecule has 3 heterocycles. The highest BCUT2D eigenvalue weighted by Crippen LogP contribution is 2.30. The van der Waals surface area contributed by atoms with E-state index in [0.717, 1.165) is 33.5 Å². The first-order chi connectivity index (χ1) is 17.8. The molecule has 5 aromatic rings. The van der Waals surface area contributed by atoms with Gasteiger partial charge in [-0.3, -0.25) is 14.0 Å². The van der Waals surface area contributed by atoms with Crippen molar-refractivity contribution in [3.63, 3.8) is 0 Å². The van der Waals surface area contributed by atoms with Gasteiger partial charge in [0.1, 0.15) is 5.82 Å². The van der Waals surface area contributed by atoms with Crippen molar-refractivity contribution in [2.24, 2.45) is 7.05 Å². The number of para-hydroxylation sites is 1. The topological polar surface area (TPSA) is 107 Å². The summed E-state index contributed by atoms with van der Waals surface area (Å²) in [5.41, 5.74) is 10.1. The summed E-state index contributed by atoms with van der Waals surface area (Å²) in [7, 11) is 5.84. The van der Waals surface area contributed by atoms with E-state index in [-0.39, 0.29) is 17.5 Å². The van der Waals surface area contributed by atoms with Gasteiger partial charge in [0.05, 0.1) is 17.6 Å². The molecule has 0 fully saturated rings. The molecule has 9 nitrogen and oxygen atoms in total. The van der Waals surface area contributed by atoms with E-state index in [4.69, 9.17) is 5.73 Å². The van der Waals surface area contributed by atoms with Crippen molar-refractivity contribution in [1.82, 2.24) is 29.2 Å². The molecule has 37 heavy (non-hydrogen) atoms. The van der Waals surface area contributed by atoms with Gasteiger partial charge in [-0.2, -0.15) is 10.1 Å². The van der Waals surface area contributed by atoms with Crippen LogP contribution in [0.1, 0.15) is 24.2 Å². The lowest BCUT2D eigenvalue weighted by Gasteiger charge is -2.23. The van der Waals surface area contributed by atoms with E-state index in [1.807, 2.05) is 87.7 Å². The van der Waals surface area contributed by atoms with Crippen molar-refractivity contribution in [3.05, 3.63) is 94.8 Å². The molecule has 1 atom stereocenters. The molecule has 0 spiro atoms. The maximum Gasteiger partial charge on any atom is 0.263 e. The molecule has 2 aromatic carbocycles. The van der Waals surface area contributed by atoms with Crippen LogP contribution >= 0.6 is 0 Å². The standard InChI is InChI=1S/C28H30N8O/c1-18(32-26-21(16-34(2)3)14-30-28(29)33-26)24-13-19-9-8-12-23(20-15-31-35(4)17-20)25(19)27(37)36(24)22-10-6-5-7-11-22/h5-15,17-18H,16H2,1-4H3,(H3,29,30,32,33). The molecule has 0 saturated heterocycles. The van der Waals surface area contributed by atoms with Crippen LogP contribution in [-0.4, -0.2) is 43.3 Å². The number of anilines is 2. The molecule has 0 radical (unpaired) electrons. The molecule has 1 unspecified atom stereocenters. The van der Waals surface area contributed by atoms with Gasteiger partial charge in [0.25, 0.3) is 5.56 Å². The van der Waals surface area contributed by atoms with Crippen molar-refractivity contribution in [2.75, 3.05) is 25.1 Å². The summed E-state index contributed by atoms with van der Waals surface area (Å²) in [5, 5.41) is 9.31. The number of benzene rings is 2. The first-order valence-electron chi connectivity index (χ1n) is 12.1. The lowest BCUT2D eigenvalue weighted by Crippen LogP contribution is -2.26. The minimum absolute atomic E-state index is 0.0949. The fraction of sp³-hybridized carbons (Fsp3) is 0.214. The van der Waals surface area contributed by atoms with E-state index in [9.17, 15) is 4.79 Å². The molecule has 9 heteroatoms. The molecule has 5 rings (SSSR count). The molecule has 0 saturated carbocycles. The van der Waals surface area contributed by atoms with Crippen LogP contribution in [0.4, 0.5) is 11.8 Å². The Morgan fingerprint density at radius 1 is 1.08 bits per heavy atom. The van der Waals surface area contributed by atoms with E-state index < -0.39 is 0 Å². The Labute approximate surface area is 215 Å². The quantitative estimate of drug-likeness (QED) is 0.352. The van der Waals surface area contributed by atoms with Crippen LogP contribution in [0.15, 0.2) is 78.0 Å². The zero-order valence-corrected chi connectivity index (χ0v) is 21.4. The van der Waals surface area contributed by atoms with Gasteiger partial charge >= 0.3 is 0 Å². The van der Waals surface area contributed by atoms with Gasteiger partial charge < -0.3 is 16.0 Å². The van der Waals surface area contributed by atoms with Crippen molar-refractivity contribution in [3.8, 4) is 16.8 Å². The number of nitrogen functional groups attached to an aromatic ring is 1. The molecule has 0 aliphatic carbocycles. The number of nitrogens with one attached hydrogen (secondary N) is 1. The fourth-order valence-electron chi connectivity index (χ4n) is 4.63. The van der Waals surface area contributed by atoms with Crippen molar-refractivity contribution >= 4 is 22.5 Å². The second kappa shape index (κ2) is 9.87. The average molecular weight is 495 g/mol. The van der Waals surface area contributed by atoms with Gasteiger partial charge in [-0.1, -0.05) is 36.4 Å². The minimum atomic E-state index is -0.269. The van der Waals surface area contributed by atoms with E-state index in [1.54, 1.807) is 21.6 Å². The predicted octanol–water partition coefficient (Wildman–Crippen LogP) is 4.00. The van der Waals surface area contributed by atoms with E-state index in [0.29, 0.717) is 17.7 Å². The Balaban J connectivity index is 1.70. The molecule has 0 amide bonds. The summed E-state index contributed by atoms with van der Waals surface area (Å²) >= 11 is 0. The highest BCUT2D eigenvalue weighted by atomic mass is 16.1. The number of pyridine rings is 1. The smallest absolute Gasteiger partial charge is 0.263 e. The van der Waals surface area contributed by atoms with Crippen LogP contribution in [0.25, 0.3) is 27.6 Å². The number of fused-ring (bicyclic) bond motifs is 1. The van der Waals surface area contributed by atoms with Gasteiger partial charge in [0, 0.05) is 48.5 Å². The third-order valence-electron chi connectivity index (χ3n) is 6.27. The van der Waals surface area contributed by atoms with Crippen LogP contribution in [0, 0.1) is 0 Å². The van der Waals surface area contributed by atoms with Gasteiger partial charge in [-0.15, -0.1) is 0 Å². The molecule has 188 valence electrons. The SMILES string of the molecule is CC(Nc1nc(N)ncc1CN(C)C)c1cc2cccc(-c3cnn(C)c3)c2c(=O)n1-c1ccccc1. The zero-order valence-electron chi connectivity index (χ0n) is 21.4. The number of aryl methyl sites for hydroxylation is 1. The Bertz CT molecular complexity index is 1620. The zero-order chi connectivity index (χ0) is 26.1. The summed E-state index contributed by atoms with van der Waals surface area (Å²) in [6.45, 7) is 2.66. The van der Waals surface area contributed by atoms with Crippen LogP contribution in [-0.2, 0) is 13.6 Å². The van der Waals surface area contributed by atoms with Crippen LogP contribution in [0.3, 0.4) is 0 Å². The Hall–Kier alpha value is -4.50. The third-order valence-corrected chi connectivity index (χ3v) is 6.27. The highest BCUT2D eigenvalue weighted by molar-refractivity contribution is 5.96. The first kappa shape index (κ1) is 24.2. The van der Waals surface area contributed by atoms with E-state index in [1.165, 1.54) is 0 Å². The molecule has 3 aromatic heterocycles. The molecule has 0 aliphatic rings. The third kappa shape index (κ3) is 4.81. The van der Waals surface area contributed by atoms with Crippen molar-refractivity contribution in [1.29, 1.82) is 0 Å². The monoisotopic (exact) mass is 494 g/mol. The number of aromatic nitrogens is 5. The number of nitrogens with zero attached hydrogens (tertiary/aromatic N) is 6. The normalized spacial score (nSPS) is 12.2. The average Bonchev–Trinajstić information content (AvgIpc) is 3.31. The molecular weight excluding hydrogens is 464 g/mol. The summed E-state index contributed by atoms with van der Waals surface area (Å²) < 4.78 is 3.51.